The van der Waals surface area contributed by atoms with E-state index < -0.39 is 0 Å². The van der Waals surface area contributed by atoms with Gasteiger partial charge in [-0.2, -0.15) is 0 Å². The number of anilines is 1. The zero-order valence-electron chi connectivity index (χ0n) is 11.2. The summed E-state index contributed by atoms with van der Waals surface area (Å²) in [6.07, 6.45) is 1.86. The standard InChI is InChI=1S/C15H18BrN3/c1-11-7-15(13(8-17)9-18-11)19(2)10-12-3-5-14(16)6-4-12/h3-7,9H,8,10,17H2,1-2H3. The molecule has 0 fully saturated rings. The van der Waals surface area contributed by atoms with Crippen LogP contribution in [0.5, 0.6) is 0 Å². The SMILES string of the molecule is Cc1cc(N(C)Cc2ccc(Br)cc2)c(CN)cn1. The minimum atomic E-state index is 0.507. The highest BCUT2D eigenvalue weighted by molar-refractivity contribution is 9.10. The van der Waals surface area contributed by atoms with E-state index in [2.05, 4.69) is 63.2 Å². The molecule has 0 amide bonds. The predicted molar refractivity (Wildman–Crippen MR) is 83.1 cm³/mol. The largest absolute Gasteiger partial charge is 0.370 e. The molecule has 0 bridgehead atoms. The van der Waals surface area contributed by atoms with Gasteiger partial charge in [0.25, 0.3) is 0 Å². The molecule has 1 aromatic heterocycles. The lowest BCUT2D eigenvalue weighted by atomic mass is 10.1. The number of benzene rings is 1. The number of rotatable bonds is 4. The zero-order valence-corrected chi connectivity index (χ0v) is 12.8. The molecule has 0 aliphatic carbocycles. The van der Waals surface area contributed by atoms with Crippen LogP contribution in [0.25, 0.3) is 0 Å². The van der Waals surface area contributed by atoms with Crippen molar-refractivity contribution in [2.45, 2.75) is 20.0 Å². The molecule has 0 unspecified atom stereocenters. The number of aromatic nitrogens is 1. The molecule has 1 aromatic carbocycles. The van der Waals surface area contributed by atoms with Crippen molar-refractivity contribution in [3.8, 4) is 0 Å². The normalized spacial score (nSPS) is 10.5. The fourth-order valence-corrected chi connectivity index (χ4v) is 2.30. The van der Waals surface area contributed by atoms with Crippen LogP contribution in [-0.4, -0.2) is 12.0 Å². The van der Waals surface area contributed by atoms with E-state index in [-0.39, 0.29) is 0 Å². The van der Waals surface area contributed by atoms with Crippen molar-refractivity contribution in [1.29, 1.82) is 0 Å². The highest BCUT2D eigenvalue weighted by Gasteiger charge is 2.08. The molecule has 0 spiro atoms. The number of nitrogens with zero attached hydrogens (tertiary/aromatic N) is 2. The maximum atomic E-state index is 5.78. The van der Waals surface area contributed by atoms with Crippen LogP contribution in [-0.2, 0) is 13.1 Å². The second-order valence-corrected chi connectivity index (χ2v) is 5.56. The molecule has 0 radical (unpaired) electrons. The summed E-state index contributed by atoms with van der Waals surface area (Å²) in [7, 11) is 2.08. The Balaban J connectivity index is 2.21. The summed E-state index contributed by atoms with van der Waals surface area (Å²) in [5, 5.41) is 0. The molecular formula is C15H18BrN3. The van der Waals surface area contributed by atoms with E-state index in [0.717, 1.165) is 28.0 Å². The third-order valence-electron chi connectivity index (χ3n) is 3.06. The van der Waals surface area contributed by atoms with E-state index in [9.17, 15) is 0 Å². The first-order valence-corrected chi connectivity index (χ1v) is 7.00. The number of hydrogen-bond acceptors (Lipinski definition) is 3. The minimum absolute atomic E-state index is 0.507. The first kappa shape index (κ1) is 14.0. The second kappa shape index (κ2) is 6.17. The van der Waals surface area contributed by atoms with Crippen LogP contribution in [0.15, 0.2) is 41.0 Å². The van der Waals surface area contributed by atoms with Gasteiger partial charge >= 0.3 is 0 Å². The molecule has 2 rings (SSSR count). The molecule has 2 N–H and O–H groups in total. The van der Waals surface area contributed by atoms with Crippen LogP contribution in [0.4, 0.5) is 5.69 Å². The molecule has 100 valence electrons. The van der Waals surface area contributed by atoms with Crippen molar-refractivity contribution in [2.24, 2.45) is 5.73 Å². The Hall–Kier alpha value is -1.39. The van der Waals surface area contributed by atoms with Gasteiger partial charge in [-0.15, -0.1) is 0 Å². The van der Waals surface area contributed by atoms with Gasteiger partial charge in [-0.3, -0.25) is 4.98 Å². The lowest BCUT2D eigenvalue weighted by Crippen LogP contribution is -2.19. The lowest BCUT2D eigenvalue weighted by Gasteiger charge is -2.22. The highest BCUT2D eigenvalue weighted by atomic mass is 79.9. The summed E-state index contributed by atoms with van der Waals surface area (Å²) in [5.41, 5.74) is 10.3. The average Bonchev–Trinajstić information content (AvgIpc) is 2.41. The van der Waals surface area contributed by atoms with Crippen LogP contribution >= 0.6 is 15.9 Å². The van der Waals surface area contributed by atoms with Gasteiger partial charge in [0.15, 0.2) is 0 Å². The van der Waals surface area contributed by atoms with Gasteiger partial charge in [0.1, 0.15) is 0 Å². The number of halogens is 1. The average molecular weight is 320 g/mol. The van der Waals surface area contributed by atoms with Crippen LogP contribution in [0, 0.1) is 6.92 Å². The molecule has 19 heavy (non-hydrogen) atoms. The number of nitrogens with two attached hydrogens (primary N) is 1. The van der Waals surface area contributed by atoms with E-state index in [4.69, 9.17) is 5.73 Å². The first-order chi connectivity index (χ1) is 9.10. The van der Waals surface area contributed by atoms with Gasteiger partial charge in [-0.25, -0.2) is 0 Å². The monoisotopic (exact) mass is 319 g/mol. The summed E-state index contributed by atoms with van der Waals surface area (Å²) in [6, 6.07) is 10.4. The predicted octanol–water partition coefficient (Wildman–Crippen LogP) is 3.25. The molecule has 0 saturated carbocycles. The third kappa shape index (κ3) is 3.55. The highest BCUT2D eigenvalue weighted by Crippen LogP contribution is 2.21. The van der Waals surface area contributed by atoms with Crippen molar-refractivity contribution in [1.82, 2.24) is 4.98 Å². The Morgan fingerprint density at radius 3 is 2.58 bits per heavy atom. The van der Waals surface area contributed by atoms with E-state index in [1.165, 1.54) is 5.56 Å². The summed E-state index contributed by atoms with van der Waals surface area (Å²) in [6.45, 7) is 3.36. The molecule has 0 atom stereocenters. The van der Waals surface area contributed by atoms with Crippen molar-refractivity contribution >= 4 is 21.6 Å². The molecule has 1 heterocycles. The van der Waals surface area contributed by atoms with Crippen LogP contribution in [0.3, 0.4) is 0 Å². The maximum absolute atomic E-state index is 5.78. The third-order valence-corrected chi connectivity index (χ3v) is 3.59. The van der Waals surface area contributed by atoms with Gasteiger partial charge < -0.3 is 10.6 Å². The van der Waals surface area contributed by atoms with E-state index in [0.29, 0.717) is 6.54 Å². The molecule has 0 saturated heterocycles. The Morgan fingerprint density at radius 2 is 1.95 bits per heavy atom. The fourth-order valence-electron chi connectivity index (χ4n) is 2.04. The van der Waals surface area contributed by atoms with Gasteiger partial charge in [-0.1, -0.05) is 28.1 Å². The number of aryl methyl sites for hydroxylation is 1. The lowest BCUT2D eigenvalue weighted by molar-refractivity contribution is 0.894. The van der Waals surface area contributed by atoms with Crippen molar-refractivity contribution in [3.05, 3.63) is 57.8 Å². The van der Waals surface area contributed by atoms with Crippen molar-refractivity contribution in [2.75, 3.05) is 11.9 Å². The molecular weight excluding hydrogens is 302 g/mol. The smallest absolute Gasteiger partial charge is 0.0445 e. The van der Waals surface area contributed by atoms with Gasteiger partial charge in [0, 0.05) is 47.8 Å². The molecule has 4 heteroatoms. The Morgan fingerprint density at radius 1 is 1.26 bits per heavy atom. The van der Waals surface area contributed by atoms with Crippen molar-refractivity contribution < 1.29 is 0 Å². The van der Waals surface area contributed by atoms with E-state index in [1.807, 2.05) is 13.1 Å². The molecule has 0 aliphatic rings. The Kier molecular flexibility index (Phi) is 4.56. The van der Waals surface area contributed by atoms with Gasteiger partial charge in [0.05, 0.1) is 0 Å². The second-order valence-electron chi connectivity index (χ2n) is 4.64. The Labute approximate surface area is 122 Å². The van der Waals surface area contributed by atoms with Crippen LogP contribution in [0.1, 0.15) is 16.8 Å². The Bertz CT molecular complexity index is 552. The number of hydrogen-bond donors (Lipinski definition) is 1. The van der Waals surface area contributed by atoms with E-state index in [1.54, 1.807) is 0 Å². The van der Waals surface area contributed by atoms with Gasteiger partial charge in [-0.05, 0) is 30.7 Å². The molecule has 2 aromatic rings. The van der Waals surface area contributed by atoms with E-state index >= 15 is 0 Å². The topological polar surface area (TPSA) is 42.1 Å². The number of pyridine rings is 1. The molecule has 0 aliphatic heterocycles. The fraction of sp³-hybridized carbons (Fsp3) is 0.267. The van der Waals surface area contributed by atoms with Crippen LogP contribution in [0.2, 0.25) is 0 Å². The maximum Gasteiger partial charge on any atom is 0.0445 e. The van der Waals surface area contributed by atoms with Crippen LogP contribution < -0.4 is 10.6 Å². The summed E-state index contributed by atoms with van der Waals surface area (Å²) >= 11 is 3.45. The molecule has 3 nitrogen and oxygen atoms in total. The first-order valence-electron chi connectivity index (χ1n) is 6.21. The van der Waals surface area contributed by atoms with Crippen molar-refractivity contribution in [3.63, 3.8) is 0 Å². The zero-order chi connectivity index (χ0) is 13.8. The quantitative estimate of drug-likeness (QED) is 0.940. The minimum Gasteiger partial charge on any atom is -0.370 e. The summed E-state index contributed by atoms with van der Waals surface area (Å²) in [4.78, 5) is 6.51. The summed E-state index contributed by atoms with van der Waals surface area (Å²) < 4.78 is 1.10. The summed E-state index contributed by atoms with van der Waals surface area (Å²) in [5.74, 6) is 0. The van der Waals surface area contributed by atoms with Gasteiger partial charge in [0.2, 0.25) is 0 Å².